The van der Waals surface area contributed by atoms with Crippen LogP contribution in [0.1, 0.15) is 26.3 Å². The Kier molecular flexibility index (Phi) is 5.39. The van der Waals surface area contributed by atoms with E-state index in [1.165, 1.54) is 28.9 Å². The molecule has 0 unspecified atom stereocenters. The van der Waals surface area contributed by atoms with E-state index in [4.69, 9.17) is 0 Å². The first-order valence-corrected chi connectivity index (χ1v) is 8.19. The van der Waals surface area contributed by atoms with E-state index in [1.807, 2.05) is 6.07 Å². The summed E-state index contributed by atoms with van der Waals surface area (Å²) in [6.07, 6.45) is -1.10. The van der Waals surface area contributed by atoms with Gasteiger partial charge in [0.15, 0.2) is 12.4 Å². The van der Waals surface area contributed by atoms with Crippen molar-refractivity contribution in [1.29, 1.82) is 0 Å². The fourth-order valence-corrected chi connectivity index (χ4v) is 2.37. The summed E-state index contributed by atoms with van der Waals surface area (Å²) in [5, 5.41) is 2.58. The van der Waals surface area contributed by atoms with Gasteiger partial charge < -0.3 is 5.32 Å². The van der Waals surface area contributed by atoms with E-state index < -0.39 is 17.6 Å². The summed E-state index contributed by atoms with van der Waals surface area (Å²) in [4.78, 5) is 24.3. The number of hydrogen-bond donors (Lipinski definition) is 2. The molecule has 0 radical (unpaired) electrons. The predicted octanol–water partition coefficient (Wildman–Crippen LogP) is 3.63. The molecule has 2 N–H and O–H groups in total. The van der Waals surface area contributed by atoms with Crippen molar-refractivity contribution in [2.45, 2.75) is 6.18 Å². The second-order valence-corrected chi connectivity index (χ2v) is 5.83. The van der Waals surface area contributed by atoms with Crippen LogP contribution in [0.3, 0.4) is 0 Å². The first-order chi connectivity index (χ1) is 13.3. The van der Waals surface area contributed by atoms with Crippen LogP contribution in [0.4, 0.5) is 18.9 Å². The Labute approximate surface area is 158 Å². The minimum Gasteiger partial charge on any atom is -0.322 e. The lowest BCUT2D eigenvalue weighted by molar-refractivity contribution is -0.641. The summed E-state index contributed by atoms with van der Waals surface area (Å²) in [7, 11) is 0. The first-order valence-electron chi connectivity index (χ1n) is 8.19. The van der Waals surface area contributed by atoms with Gasteiger partial charge in [-0.2, -0.15) is 13.2 Å². The van der Waals surface area contributed by atoms with Crippen molar-refractivity contribution < 1.29 is 27.4 Å². The van der Waals surface area contributed by atoms with Crippen LogP contribution in [0, 0.1) is 0 Å². The van der Waals surface area contributed by atoms with E-state index in [-0.39, 0.29) is 11.5 Å². The number of hydrogen-bond acceptors (Lipinski definition) is 2. The molecule has 0 saturated heterocycles. The highest BCUT2D eigenvalue weighted by molar-refractivity contribution is 6.04. The number of nitrogens with one attached hydrogen (secondary N) is 2. The molecule has 0 aliphatic heterocycles. The van der Waals surface area contributed by atoms with Gasteiger partial charge in [0.1, 0.15) is 0 Å². The van der Waals surface area contributed by atoms with Crippen LogP contribution in [0.2, 0.25) is 0 Å². The van der Waals surface area contributed by atoms with Crippen molar-refractivity contribution in [2.75, 3.05) is 10.7 Å². The highest BCUT2D eigenvalue weighted by atomic mass is 19.4. The highest BCUT2D eigenvalue weighted by Crippen LogP contribution is 2.29. The molecule has 0 bridgehead atoms. The predicted molar refractivity (Wildman–Crippen MR) is 96.2 cm³/mol. The van der Waals surface area contributed by atoms with E-state index in [1.54, 1.807) is 24.5 Å². The number of amides is 2. The van der Waals surface area contributed by atoms with Crippen LogP contribution in [0.25, 0.3) is 0 Å². The molecule has 28 heavy (non-hydrogen) atoms. The number of benzene rings is 2. The fraction of sp³-hybridized carbons (Fsp3) is 0.0500. The summed E-state index contributed by atoms with van der Waals surface area (Å²) in [6, 6.07) is 15.4. The summed E-state index contributed by atoms with van der Waals surface area (Å²) < 4.78 is 39.2. The molecule has 0 atom stereocenters. The van der Waals surface area contributed by atoms with Crippen LogP contribution in [-0.4, -0.2) is 11.8 Å². The Bertz CT molecular complexity index is 970. The number of alkyl halides is 3. The van der Waals surface area contributed by atoms with Crippen LogP contribution < -0.4 is 15.4 Å². The molecule has 0 fully saturated rings. The summed E-state index contributed by atoms with van der Waals surface area (Å²) in [5.41, 5.74) is 2.72. The second-order valence-electron chi connectivity index (χ2n) is 5.83. The Morgan fingerprint density at radius 1 is 0.750 bits per heavy atom. The molecule has 2 amide bonds. The summed E-state index contributed by atoms with van der Waals surface area (Å²) >= 11 is 0. The van der Waals surface area contributed by atoms with Crippen molar-refractivity contribution in [3.63, 3.8) is 0 Å². The SMILES string of the molecule is O=C(Nc1ccc(C(=O)N[n+]2ccccc2)cc1)c1ccc(C(F)(F)F)cc1. The number of pyridine rings is 1. The molecule has 3 rings (SSSR count). The van der Waals surface area contributed by atoms with E-state index in [0.717, 1.165) is 24.3 Å². The number of nitrogens with zero attached hydrogens (tertiary/aromatic N) is 1. The maximum Gasteiger partial charge on any atom is 0.416 e. The number of anilines is 1. The van der Waals surface area contributed by atoms with Gasteiger partial charge in [-0.25, -0.2) is 0 Å². The average molecular weight is 386 g/mol. The van der Waals surface area contributed by atoms with Gasteiger partial charge in [-0.1, -0.05) is 10.7 Å². The fourth-order valence-electron chi connectivity index (χ4n) is 2.37. The average Bonchev–Trinajstić information content (AvgIpc) is 2.68. The van der Waals surface area contributed by atoms with Crippen LogP contribution in [0.15, 0.2) is 79.1 Å². The van der Waals surface area contributed by atoms with Crippen molar-refractivity contribution in [1.82, 2.24) is 0 Å². The van der Waals surface area contributed by atoms with Crippen LogP contribution in [0.5, 0.6) is 0 Å². The number of carbonyl (C=O) groups excluding carboxylic acids is 2. The van der Waals surface area contributed by atoms with Crippen molar-refractivity contribution in [2.24, 2.45) is 0 Å². The zero-order chi connectivity index (χ0) is 20.1. The minimum atomic E-state index is -4.45. The molecule has 0 aliphatic rings. The molecular formula is C20H15F3N3O2+. The van der Waals surface area contributed by atoms with Gasteiger partial charge in [0, 0.05) is 28.9 Å². The van der Waals surface area contributed by atoms with Gasteiger partial charge >= 0.3 is 12.1 Å². The van der Waals surface area contributed by atoms with Crippen molar-refractivity contribution in [3.05, 3.63) is 95.8 Å². The quantitative estimate of drug-likeness (QED) is 0.673. The normalized spacial score (nSPS) is 11.0. The van der Waals surface area contributed by atoms with Gasteiger partial charge in [0.05, 0.1) is 5.56 Å². The van der Waals surface area contributed by atoms with Gasteiger partial charge in [-0.3, -0.25) is 9.59 Å². The van der Waals surface area contributed by atoms with Crippen LogP contribution in [-0.2, 0) is 6.18 Å². The Hall–Kier alpha value is -3.68. The number of halogens is 3. The standard InChI is InChI=1S/C20H14F3N3O2/c21-20(22,23)16-8-4-14(5-9-16)18(27)24-17-10-6-15(7-11-17)19(28)25-26-12-2-1-3-13-26/h1-13H,(H-,24,25,27,28)/p+1. The van der Waals surface area contributed by atoms with E-state index >= 15 is 0 Å². The van der Waals surface area contributed by atoms with Gasteiger partial charge in [0.2, 0.25) is 0 Å². The van der Waals surface area contributed by atoms with E-state index in [9.17, 15) is 22.8 Å². The summed E-state index contributed by atoms with van der Waals surface area (Å²) in [6.45, 7) is 0. The molecule has 3 aromatic rings. The highest BCUT2D eigenvalue weighted by Gasteiger charge is 2.30. The molecular weight excluding hydrogens is 371 g/mol. The number of carbonyl (C=O) groups is 2. The molecule has 1 aromatic heterocycles. The molecule has 0 aliphatic carbocycles. The molecule has 0 saturated carbocycles. The maximum absolute atomic E-state index is 12.6. The minimum absolute atomic E-state index is 0.0929. The lowest BCUT2D eigenvalue weighted by atomic mass is 10.1. The maximum atomic E-state index is 12.6. The molecule has 8 heteroatoms. The van der Waals surface area contributed by atoms with Crippen LogP contribution >= 0.6 is 0 Å². The molecule has 5 nitrogen and oxygen atoms in total. The third-order valence-electron chi connectivity index (χ3n) is 3.83. The third-order valence-corrected chi connectivity index (χ3v) is 3.83. The molecule has 142 valence electrons. The Morgan fingerprint density at radius 2 is 1.29 bits per heavy atom. The van der Waals surface area contributed by atoms with Gasteiger partial charge in [-0.15, -0.1) is 5.43 Å². The Morgan fingerprint density at radius 3 is 1.86 bits per heavy atom. The topological polar surface area (TPSA) is 62.1 Å². The first kappa shape index (κ1) is 19.1. The van der Waals surface area contributed by atoms with Crippen molar-refractivity contribution in [3.8, 4) is 0 Å². The monoisotopic (exact) mass is 386 g/mol. The number of aromatic nitrogens is 1. The lowest BCUT2D eigenvalue weighted by Gasteiger charge is -2.09. The molecule has 2 aromatic carbocycles. The second kappa shape index (κ2) is 7.91. The zero-order valence-electron chi connectivity index (χ0n) is 14.4. The summed E-state index contributed by atoms with van der Waals surface area (Å²) in [5.74, 6) is -0.886. The van der Waals surface area contributed by atoms with Gasteiger partial charge in [0.25, 0.3) is 5.91 Å². The van der Waals surface area contributed by atoms with Crippen molar-refractivity contribution >= 4 is 17.5 Å². The lowest BCUT2D eigenvalue weighted by Crippen LogP contribution is -2.47. The third kappa shape index (κ3) is 4.73. The number of rotatable bonds is 4. The smallest absolute Gasteiger partial charge is 0.322 e. The van der Waals surface area contributed by atoms with Gasteiger partial charge in [-0.05, 0) is 48.5 Å². The Balaban J connectivity index is 1.63. The molecule has 0 spiro atoms. The largest absolute Gasteiger partial charge is 0.416 e. The van der Waals surface area contributed by atoms with E-state index in [0.29, 0.717) is 11.3 Å². The molecule has 1 heterocycles. The zero-order valence-corrected chi connectivity index (χ0v) is 14.4. The van der Waals surface area contributed by atoms with E-state index in [2.05, 4.69) is 10.7 Å².